The monoisotopic (exact) mass is 403 g/mol. The first-order chi connectivity index (χ1) is 13.5. The van der Waals surface area contributed by atoms with Crippen molar-refractivity contribution in [3.63, 3.8) is 0 Å². The molecule has 1 atom stereocenters. The van der Waals surface area contributed by atoms with Gasteiger partial charge >= 0.3 is 6.61 Å². The lowest BCUT2D eigenvalue weighted by Crippen LogP contribution is -2.51. The molecule has 3 aromatic rings. The van der Waals surface area contributed by atoms with Gasteiger partial charge in [-0.3, -0.25) is 4.79 Å². The SMILES string of the molecule is O=C(c1ccc(OC(F)F)cc1)[C@@H](C(=S)NCc1ccco1)[n+]1ccccc1. The summed E-state index contributed by atoms with van der Waals surface area (Å²) in [5.41, 5.74) is 0.324. The van der Waals surface area contributed by atoms with E-state index < -0.39 is 12.7 Å². The first-order valence-corrected chi connectivity index (χ1v) is 8.80. The number of benzene rings is 1. The molecule has 1 N–H and O–H groups in total. The molecule has 2 aromatic heterocycles. The molecule has 0 radical (unpaired) electrons. The second-order valence-corrected chi connectivity index (χ2v) is 6.23. The van der Waals surface area contributed by atoms with Crippen LogP contribution in [0.5, 0.6) is 5.75 Å². The lowest BCUT2D eigenvalue weighted by atomic mass is 10.0. The van der Waals surface area contributed by atoms with Crippen LogP contribution in [0.3, 0.4) is 0 Å². The largest absolute Gasteiger partial charge is 0.467 e. The highest BCUT2D eigenvalue weighted by Gasteiger charge is 2.33. The normalized spacial score (nSPS) is 11.8. The minimum absolute atomic E-state index is 0.0195. The maximum absolute atomic E-state index is 13.1. The fourth-order valence-electron chi connectivity index (χ4n) is 2.62. The van der Waals surface area contributed by atoms with Gasteiger partial charge in [-0.05, 0) is 36.4 Å². The van der Waals surface area contributed by atoms with Crippen molar-refractivity contribution >= 4 is 23.0 Å². The van der Waals surface area contributed by atoms with Crippen LogP contribution in [0.2, 0.25) is 0 Å². The van der Waals surface area contributed by atoms with Crippen molar-refractivity contribution in [2.75, 3.05) is 0 Å². The summed E-state index contributed by atoms with van der Waals surface area (Å²) < 4.78 is 35.9. The summed E-state index contributed by atoms with van der Waals surface area (Å²) in [4.78, 5) is 13.4. The maximum atomic E-state index is 13.1. The molecule has 0 aliphatic heterocycles. The maximum Gasteiger partial charge on any atom is 0.387 e. The lowest BCUT2D eigenvalue weighted by molar-refractivity contribution is -0.692. The lowest BCUT2D eigenvalue weighted by Gasteiger charge is -2.14. The van der Waals surface area contributed by atoms with E-state index in [9.17, 15) is 13.6 Å². The number of furan rings is 1. The molecule has 8 heteroatoms. The van der Waals surface area contributed by atoms with Gasteiger partial charge in [0.25, 0.3) is 6.04 Å². The van der Waals surface area contributed by atoms with E-state index in [0.717, 1.165) is 0 Å². The van der Waals surface area contributed by atoms with Gasteiger partial charge in [-0.25, -0.2) is 0 Å². The number of pyridine rings is 1. The number of ether oxygens (including phenoxy) is 1. The molecule has 5 nitrogen and oxygen atoms in total. The molecular weight excluding hydrogens is 386 g/mol. The Balaban J connectivity index is 1.81. The van der Waals surface area contributed by atoms with Crippen LogP contribution < -0.4 is 14.6 Å². The average Bonchev–Trinajstić information content (AvgIpc) is 3.21. The van der Waals surface area contributed by atoms with Crippen LogP contribution in [0.4, 0.5) is 8.78 Å². The zero-order valence-corrected chi connectivity index (χ0v) is 15.4. The molecule has 0 unspecified atom stereocenters. The van der Waals surface area contributed by atoms with Crippen LogP contribution >= 0.6 is 12.2 Å². The van der Waals surface area contributed by atoms with E-state index in [1.165, 1.54) is 24.3 Å². The van der Waals surface area contributed by atoms with E-state index in [1.807, 2.05) is 6.07 Å². The van der Waals surface area contributed by atoms with Gasteiger partial charge in [-0.1, -0.05) is 18.3 Å². The quantitative estimate of drug-likeness (QED) is 0.353. The highest BCUT2D eigenvalue weighted by atomic mass is 32.1. The summed E-state index contributed by atoms with van der Waals surface area (Å²) >= 11 is 5.47. The van der Waals surface area contributed by atoms with Crippen molar-refractivity contribution in [1.29, 1.82) is 0 Å². The zero-order chi connectivity index (χ0) is 19.9. The molecule has 144 valence electrons. The average molecular weight is 403 g/mol. The number of thiocarbonyl (C=S) groups is 1. The molecule has 0 fully saturated rings. The van der Waals surface area contributed by atoms with Gasteiger partial charge in [0.15, 0.2) is 17.4 Å². The number of halogens is 2. The Hall–Kier alpha value is -3.13. The molecule has 28 heavy (non-hydrogen) atoms. The third kappa shape index (κ3) is 4.98. The van der Waals surface area contributed by atoms with Crippen LogP contribution in [-0.4, -0.2) is 17.4 Å². The van der Waals surface area contributed by atoms with E-state index in [0.29, 0.717) is 22.9 Å². The van der Waals surface area contributed by atoms with Crippen LogP contribution in [0, 0.1) is 0 Å². The number of rotatable bonds is 8. The molecule has 0 saturated heterocycles. The van der Waals surface area contributed by atoms with Gasteiger partial charge in [-0.2, -0.15) is 13.3 Å². The second-order valence-electron chi connectivity index (χ2n) is 5.79. The second kappa shape index (κ2) is 9.18. The molecule has 0 saturated carbocycles. The summed E-state index contributed by atoms with van der Waals surface area (Å²) in [6.07, 6.45) is 5.02. The molecule has 1 aromatic carbocycles. The number of aromatic nitrogens is 1. The number of Topliss-reactive ketones (excluding diaryl/α,β-unsaturated/α-hetero) is 1. The molecule has 0 aliphatic rings. The van der Waals surface area contributed by atoms with E-state index in [-0.39, 0.29) is 11.5 Å². The highest BCUT2D eigenvalue weighted by Crippen LogP contribution is 2.18. The number of hydrogen-bond acceptors (Lipinski definition) is 4. The van der Waals surface area contributed by atoms with Gasteiger partial charge in [0.2, 0.25) is 5.78 Å². The Labute approximate surface area is 165 Å². The fraction of sp³-hybridized carbons (Fsp3) is 0.150. The number of carbonyl (C=O) groups excluding carboxylic acids is 1. The van der Waals surface area contributed by atoms with Crippen molar-refractivity contribution in [2.24, 2.45) is 0 Å². The van der Waals surface area contributed by atoms with Gasteiger partial charge in [0.1, 0.15) is 11.5 Å². The Kier molecular flexibility index (Phi) is 6.44. The Morgan fingerprint density at radius 2 is 1.82 bits per heavy atom. The van der Waals surface area contributed by atoms with Gasteiger partial charge in [0.05, 0.1) is 12.8 Å². The molecule has 2 heterocycles. The molecule has 0 amide bonds. The summed E-state index contributed by atoms with van der Waals surface area (Å²) in [6.45, 7) is -2.59. The summed E-state index contributed by atoms with van der Waals surface area (Å²) in [6, 6.07) is 13.7. The van der Waals surface area contributed by atoms with Gasteiger partial charge in [-0.15, -0.1) is 0 Å². The van der Waals surface area contributed by atoms with E-state index in [4.69, 9.17) is 16.6 Å². The van der Waals surface area contributed by atoms with E-state index in [2.05, 4.69) is 10.1 Å². The third-order valence-electron chi connectivity index (χ3n) is 3.91. The van der Waals surface area contributed by atoms with Crippen LogP contribution in [0.1, 0.15) is 22.2 Å². The highest BCUT2D eigenvalue weighted by molar-refractivity contribution is 7.80. The summed E-state index contributed by atoms with van der Waals surface area (Å²) in [5, 5.41) is 3.04. The fourth-order valence-corrected chi connectivity index (χ4v) is 2.92. The van der Waals surface area contributed by atoms with E-state index >= 15 is 0 Å². The summed E-state index contributed by atoms with van der Waals surface area (Å²) in [5.74, 6) is 0.380. The first kappa shape index (κ1) is 19.6. The van der Waals surface area contributed by atoms with Crippen molar-refractivity contribution in [2.45, 2.75) is 19.2 Å². The smallest absolute Gasteiger partial charge is 0.387 e. The first-order valence-electron chi connectivity index (χ1n) is 8.39. The van der Waals surface area contributed by atoms with Crippen molar-refractivity contribution in [3.05, 3.63) is 84.6 Å². The minimum Gasteiger partial charge on any atom is -0.467 e. The van der Waals surface area contributed by atoms with Crippen molar-refractivity contribution in [1.82, 2.24) is 5.32 Å². The Bertz CT molecular complexity index is 916. The Morgan fingerprint density at radius 3 is 2.43 bits per heavy atom. The standard InChI is InChI=1S/C20H16F2N2O3S/c21-20(22)27-15-8-6-14(7-9-15)18(25)17(24-10-2-1-3-11-24)19(28)23-13-16-5-4-12-26-16/h1-12,17,20H,13H2/p+1/t17-/m0/s1. The van der Waals surface area contributed by atoms with Gasteiger partial charge < -0.3 is 14.5 Å². The molecular formula is C20H17F2N2O3S+. The molecule has 0 aliphatic carbocycles. The number of nitrogens with one attached hydrogen (secondary N) is 1. The zero-order valence-electron chi connectivity index (χ0n) is 14.6. The van der Waals surface area contributed by atoms with Crippen LogP contribution in [0.25, 0.3) is 0 Å². The van der Waals surface area contributed by atoms with E-state index in [1.54, 1.807) is 47.5 Å². The number of nitrogens with zero attached hydrogens (tertiary/aromatic N) is 1. The number of hydrogen-bond donors (Lipinski definition) is 1. The van der Waals surface area contributed by atoms with Crippen LogP contribution in [-0.2, 0) is 6.54 Å². The van der Waals surface area contributed by atoms with Crippen molar-refractivity contribution < 1.29 is 27.3 Å². The minimum atomic E-state index is -2.92. The topological polar surface area (TPSA) is 55.4 Å². The molecule has 0 bridgehead atoms. The summed E-state index contributed by atoms with van der Waals surface area (Å²) in [7, 11) is 0. The number of ketones is 1. The third-order valence-corrected chi connectivity index (χ3v) is 4.28. The van der Waals surface area contributed by atoms with Crippen LogP contribution in [0.15, 0.2) is 77.7 Å². The van der Waals surface area contributed by atoms with Gasteiger partial charge in [0, 0.05) is 17.7 Å². The van der Waals surface area contributed by atoms with Crippen molar-refractivity contribution in [3.8, 4) is 5.75 Å². The molecule has 0 spiro atoms. The Morgan fingerprint density at radius 1 is 1.11 bits per heavy atom. The predicted molar refractivity (Wildman–Crippen MR) is 101 cm³/mol. The number of carbonyl (C=O) groups is 1. The molecule has 3 rings (SSSR count). The predicted octanol–water partition coefficient (Wildman–Crippen LogP) is 3.71. The number of alkyl halides is 2.